The number of hydrogen-bond donors (Lipinski definition) is 1. The summed E-state index contributed by atoms with van der Waals surface area (Å²) in [7, 11) is 1.95. The van der Waals surface area contributed by atoms with Crippen LogP contribution in [-0.2, 0) is 12.6 Å². The fraction of sp³-hybridized carbons (Fsp3) is 0.364. The van der Waals surface area contributed by atoms with Gasteiger partial charge in [0.05, 0.1) is 5.52 Å². The SMILES string of the molecule is Cn1nc(Br)c2cc(C3(N)CC3)ccc21. The van der Waals surface area contributed by atoms with E-state index in [1.807, 2.05) is 11.7 Å². The summed E-state index contributed by atoms with van der Waals surface area (Å²) in [4.78, 5) is 0. The maximum atomic E-state index is 6.17. The van der Waals surface area contributed by atoms with Crippen molar-refractivity contribution in [2.45, 2.75) is 18.4 Å². The van der Waals surface area contributed by atoms with E-state index in [1.54, 1.807) is 0 Å². The monoisotopic (exact) mass is 265 g/mol. The van der Waals surface area contributed by atoms with Gasteiger partial charge in [0.1, 0.15) is 4.60 Å². The van der Waals surface area contributed by atoms with Crippen LogP contribution in [0.15, 0.2) is 22.8 Å². The van der Waals surface area contributed by atoms with Crippen LogP contribution in [-0.4, -0.2) is 9.78 Å². The van der Waals surface area contributed by atoms with Gasteiger partial charge in [0.2, 0.25) is 0 Å². The maximum Gasteiger partial charge on any atom is 0.135 e. The Hall–Kier alpha value is -0.870. The first kappa shape index (κ1) is 9.36. The van der Waals surface area contributed by atoms with Gasteiger partial charge in [0.15, 0.2) is 0 Å². The van der Waals surface area contributed by atoms with E-state index in [4.69, 9.17) is 5.73 Å². The Morgan fingerprint density at radius 3 is 2.87 bits per heavy atom. The molecule has 1 aliphatic carbocycles. The molecular weight excluding hydrogens is 254 g/mol. The molecule has 0 unspecified atom stereocenters. The summed E-state index contributed by atoms with van der Waals surface area (Å²) in [6.07, 6.45) is 2.19. The number of nitrogens with zero attached hydrogens (tertiary/aromatic N) is 2. The minimum Gasteiger partial charge on any atom is -0.321 e. The van der Waals surface area contributed by atoms with Gasteiger partial charge in [0.25, 0.3) is 0 Å². The van der Waals surface area contributed by atoms with Crippen LogP contribution in [0.3, 0.4) is 0 Å². The highest BCUT2D eigenvalue weighted by atomic mass is 79.9. The third-order valence-electron chi connectivity index (χ3n) is 3.17. The normalized spacial score (nSPS) is 18.3. The molecule has 15 heavy (non-hydrogen) atoms. The molecule has 1 heterocycles. The second-order valence-corrected chi connectivity index (χ2v) is 5.05. The quantitative estimate of drug-likeness (QED) is 0.860. The highest BCUT2D eigenvalue weighted by Gasteiger charge is 2.40. The average Bonchev–Trinajstić information content (AvgIpc) is 2.90. The van der Waals surface area contributed by atoms with Crippen molar-refractivity contribution in [2.75, 3.05) is 0 Å². The third kappa shape index (κ3) is 1.32. The van der Waals surface area contributed by atoms with Gasteiger partial charge < -0.3 is 5.73 Å². The summed E-state index contributed by atoms with van der Waals surface area (Å²) in [6, 6.07) is 6.36. The predicted molar refractivity (Wildman–Crippen MR) is 63.5 cm³/mol. The molecule has 4 heteroatoms. The molecule has 0 bridgehead atoms. The lowest BCUT2D eigenvalue weighted by Gasteiger charge is -2.08. The van der Waals surface area contributed by atoms with Gasteiger partial charge in [0, 0.05) is 18.0 Å². The van der Waals surface area contributed by atoms with Crippen molar-refractivity contribution in [3.63, 3.8) is 0 Å². The third-order valence-corrected chi connectivity index (χ3v) is 3.75. The number of benzene rings is 1. The Balaban J connectivity index is 2.25. The zero-order valence-electron chi connectivity index (χ0n) is 8.50. The summed E-state index contributed by atoms with van der Waals surface area (Å²) in [5, 5.41) is 5.47. The Kier molecular flexibility index (Phi) is 1.77. The molecule has 78 valence electrons. The number of fused-ring (bicyclic) bond motifs is 1. The van der Waals surface area contributed by atoms with Crippen LogP contribution < -0.4 is 5.73 Å². The second kappa shape index (κ2) is 2.83. The van der Waals surface area contributed by atoms with E-state index in [1.165, 1.54) is 5.56 Å². The minimum absolute atomic E-state index is 0.0660. The molecule has 1 aromatic carbocycles. The van der Waals surface area contributed by atoms with Crippen molar-refractivity contribution in [3.8, 4) is 0 Å². The van der Waals surface area contributed by atoms with Gasteiger partial charge in [-0.25, -0.2) is 0 Å². The van der Waals surface area contributed by atoms with Crippen LogP contribution in [0.2, 0.25) is 0 Å². The van der Waals surface area contributed by atoms with Gasteiger partial charge in [-0.3, -0.25) is 4.68 Å². The number of aromatic nitrogens is 2. The minimum atomic E-state index is -0.0660. The predicted octanol–water partition coefficient (Wildman–Crippen LogP) is 2.28. The first-order chi connectivity index (χ1) is 7.10. The van der Waals surface area contributed by atoms with E-state index in [-0.39, 0.29) is 5.54 Å². The van der Waals surface area contributed by atoms with Gasteiger partial charge in [-0.2, -0.15) is 5.10 Å². The average molecular weight is 266 g/mol. The van der Waals surface area contributed by atoms with Gasteiger partial charge in [-0.15, -0.1) is 0 Å². The molecule has 0 aliphatic heterocycles. The van der Waals surface area contributed by atoms with E-state index in [9.17, 15) is 0 Å². The van der Waals surface area contributed by atoms with E-state index in [0.29, 0.717) is 0 Å². The van der Waals surface area contributed by atoms with Crippen molar-refractivity contribution >= 4 is 26.8 Å². The van der Waals surface area contributed by atoms with E-state index in [0.717, 1.165) is 28.3 Å². The standard InChI is InChI=1S/C11H12BrN3/c1-15-9-3-2-7(11(13)4-5-11)6-8(9)10(12)14-15/h2-3,6H,4-5,13H2,1H3. The molecule has 0 atom stereocenters. The van der Waals surface area contributed by atoms with Gasteiger partial charge >= 0.3 is 0 Å². The number of halogens is 1. The lowest BCUT2D eigenvalue weighted by atomic mass is 10.0. The molecule has 3 rings (SSSR count). The summed E-state index contributed by atoms with van der Waals surface area (Å²) in [5.74, 6) is 0. The molecule has 2 N–H and O–H groups in total. The zero-order chi connectivity index (χ0) is 10.6. The fourth-order valence-corrected chi connectivity index (χ4v) is 2.51. The first-order valence-corrected chi connectivity index (χ1v) is 5.81. The van der Waals surface area contributed by atoms with Crippen molar-refractivity contribution in [3.05, 3.63) is 28.4 Å². The Morgan fingerprint density at radius 2 is 2.20 bits per heavy atom. The fourth-order valence-electron chi connectivity index (χ4n) is 1.96. The molecular formula is C11H12BrN3. The molecule has 3 nitrogen and oxygen atoms in total. The van der Waals surface area contributed by atoms with Crippen LogP contribution in [0, 0.1) is 0 Å². The summed E-state index contributed by atoms with van der Waals surface area (Å²) in [6.45, 7) is 0. The molecule has 1 fully saturated rings. The summed E-state index contributed by atoms with van der Waals surface area (Å²) < 4.78 is 2.77. The first-order valence-electron chi connectivity index (χ1n) is 5.02. The van der Waals surface area contributed by atoms with Crippen LogP contribution in [0.4, 0.5) is 0 Å². The summed E-state index contributed by atoms with van der Waals surface area (Å²) in [5.41, 5.74) is 8.47. The molecule has 0 radical (unpaired) electrons. The van der Waals surface area contributed by atoms with Crippen molar-refractivity contribution in [1.29, 1.82) is 0 Å². The van der Waals surface area contributed by atoms with Crippen LogP contribution in [0.5, 0.6) is 0 Å². The van der Waals surface area contributed by atoms with Gasteiger partial charge in [-0.05, 0) is 46.5 Å². The lowest BCUT2D eigenvalue weighted by molar-refractivity contribution is 0.741. The van der Waals surface area contributed by atoms with E-state index in [2.05, 4.69) is 39.2 Å². The van der Waals surface area contributed by atoms with Crippen molar-refractivity contribution in [1.82, 2.24) is 9.78 Å². The molecule has 1 aliphatic rings. The van der Waals surface area contributed by atoms with Gasteiger partial charge in [-0.1, -0.05) is 6.07 Å². The number of nitrogens with two attached hydrogens (primary N) is 1. The Morgan fingerprint density at radius 1 is 1.47 bits per heavy atom. The topological polar surface area (TPSA) is 43.8 Å². The van der Waals surface area contributed by atoms with Crippen LogP contribution in [0.1, 0.15) is 18.4 Å². The van der Waals surface area contributed by atoms with Crippen molar-refractivity contribution < 1.29 is 0 Å². The van der Waals surface area contributed by atoms with Crippen LogP contribution in [0.25, 0.3) is 10.9 Å². The Labute approximate surface area is 96.4 Å². The largest absolute Gasteiger partial charge is 0.321 e. The van der Waals surface area contributed by atoms with E-state index >= 15 is 0 Å². The smallest absolute Gasteiger partial charge is 0.135 e. The van der Waals surface area contributed by atoms with Crippen LogP contribution >= 0.6 is 15.9 Å². The molecule has 2 aromatic rings. The zero-order valence-corrected chi connectivity index (χ0v) is 10.1. The second-order valence-electron chi connectivity index (χ2n) is 4.30. The maximum absolute atomic E-state index is 6.17. The number of aryl methyl sites for hydroxylation is 1. The number of hydrogen-bond acceptors (Lipinski definition) is 2. The summed E-state index contributed by atoms with van der Waals surface area (Å²) >= 11 is 3.47. The Bertz CT molecular complexity index is 540. The van der Waals surface area contributed by atoms with E-state index < -0.39 is 0 Å². The lowest BCUT2D eigenvalue weighted by Crippen LogP contribution is -2.18. The van der Waals surface area contributed by atoms with Crippen molar-refractivity contribution in [2.24, 2.45) is 12.8 Å². The molecule has 0 saturated heterocycles. The molecule has 0 amide bonds. The number of rotatable bonds is 1. The molecule has 0 spiro atoms. The highest BCUT2D eigenvalue weighted by molar-refractivity contribution is 9.10. The molecule has 1 saturated carbocycles. The highest BCUT2D eigenvalue weighted by Crippen LogP contribution is 2.43. The molecule has 1 aromatic heterocycles.